The molecule has 0 aromatic rings. The molecule has 0 bridgehead atoms. The molecule has 1 aliphatic rings. The quantitative estimate of drug-likeness (QED) is 0.674. The topological polar surface area (TPSA) is 69.1 Å². The minimum absolute atomic E-state index is 0.0567. The fourth-order valence-corrected chi connectivity index (χ4v) is 2.74. The Hall–Kier alpha value is -0.220. The van der Waals surface area contributed by atoms with Crippen LogP contribution < -0.4 is 11.5 Å². The first-order chi connectivity index (χ1) is 5.60. The Morgan fingerprint density at radius 3 is 2.50 bits per heavy atom. The summed E-state index contributed by atoms with van der Waals surface area (Å²) < 4.78 is 0.148. The zero-order chi connectivity index (χ0) is 9.19. The normalized spacial score (nSPS) is 22.8. The highest BCUT2D eigenvalue weighted by molar-refractivity contribution is 8.00. The van der Waals surface area contributed by atoms with E-state index in [9.17, 15) is 4.79 Å². The standard InChI is InChI=1S/C8H16N2OS/c1-12-8(3-2-4-8)6(9)5-7(10)11/h6H,2-5,9H2,1H3,(H2,10,11). The van der Waals surface area contributed by atoms with Crippen molar-refractivity contribution in [2.45, 2.75) is 36.5 Å². The lowest BCUT2D eigenvalue weighted by Crippen LogP contribution is -2.51. The second-order valence-corrected chi connectivity index (χ2v) is 4.62. The van der Waals surface area contributed by atoms with E-state index >= 15 is 0 Å². The van der Waals surface area contributed by atoms with Crippen molar-refractivity contribution in [1.82, 2.24) is 0 Å². The Balaban J connectivity index is 2.48. The van der Waals surface area contributed by atoms with Gasteiger partial charge in [-0.1, -0.05) is 6.42 Å². The fraction of sp³-hybridized carbons (Fsp3) is 0.875. The number of thioether (sulfide) groups is 1. The second-order valence-electron chi connectivity index (χ2n) is 3.40. The molecule has 0 aromatic carbocycles. The molecule has 1 aliphatic carbocycles. The van der Waals surface area contributed by atoms with Crippen molar-refractivity contribution >= 4 is 17.7 Å². The van der Waals surface area contributed by atoms with E-state index in [0.717, 1.165) is 12.8 Å². The van der Waals surface area contributed by atoms with Gasteiger partial charge in [-0.25, -0.2) is 0 Å². The summed E-state index contributed by atoms with van der Waals surface area (Å²) in [7, 11) is 0. The van der Waals surface area contributed by atoms with E-state index in [4.69, 9.17) is 11.5 Å². The van der Waals surface area contributed by atoms with E-state index in [1.807, 2.05) is 0 Å². The molecule has 0 radical (unpaired) electrons. The average Bonchev–Trinajstić information content (AvgIpc) is 1.83. The fourth-order valence-electron chi connectivity index (χ4n) is 1.65. The van der Waals surface area contributed by atoms with Crippen molar-refractivity contribution in [3.8, 4) is 0 Å². The third-order valence-corrected chi connectivity index (χ3v) is 4.23. The van der Waals surface area contributed by atoms with Crippen LogP contribution in [0.2, 0.25) is 0 Å². The van der Waals surface area contributed by atoms with E-state index in [1.54, 1.807) is 11.8 Å². The Labute approximate surface area is 77.3 Å². The van der Waals surface area contributed by atoms with Gasteiger partial charge in [0, 0.05) is 17.2 Å². The van der Waals surface area contributed by atoms with Crippen LogP contribution in [0.5, 0.6) is 0 Å². The lowest BCUT2D eigenvalue weighted by Gasteiger charge is -2.44. The highest BCUT2D eigenvalue weighted by Crippen LogP contribution is 2.45. The molecule has 4 heteroatoms. The van der Waals surface area contributed by atoms with Crippen LogP contribution >= 0.6 is 11.8 Å². The summed E-state index contributed by atoms with van der Waals surface area (Å²) >= 11 is 1.78. The lowest BCUT2D eigenvalue weighted by molar-refractivity contribution is -0.118. The molecule has 4 N–H and O–H groups in total. The van der Waals surface area contributed by atoms with Crippen molar-refractivity contribution in [2.75, 3.05) is 6.26 Å². The first-order valence-corrected chi connectivity index (χ1v) is 5.42. The molecule has 1 rings (SSSR count). The van der Waals surface area contributed by atoms with Crippen molar-refractivity contribution in [2.24, 2.45) is 11.5 Å². The highest BCUT2D eigenvalue weighted by Gasteiger charge is 2.42. The van der Waals surface area contributed by atoms with Gasteiger partial charge in [0.05, 0.1) is 0 Å². The summed E-state index contributed by atoms with van der Waals surface area (Å²) in [6.07, 6.45) is 5.86. The van der Waals surface area contributed by atoms with Gasteiger partial charge in [0.1, 0.15) is 0 Å². The number of hydrogen-bond donors (Lipinski definition) is 2. The summed E-state index contributed by atoms with van der Waals surface area (Å²) in [5.74, 6) is -0.289. The Morgan fingerprint density at radius 1 is 1.67 bits per heavy atom. The van der Waals surface area contributed by atoms with Crippen LogP contribution in [0, 0.1) is 0 Å². The SMILES string of the molecule is CSC1(C(N)CC(N)=O)CCC1. The van der Waals surface area contributed by atoms with Gasteiger partial charge in [-0.05, 0) is 19.1 Å². The van der Waals surface area contributed by atoms with Gasteiger partial charge in [-0.3, -0.25) is 4.79 Å². The van der Waals surface area contributed by atoms with Gasteiger partial charge in [0.15, 0.2) is 0 Å². The smallest absolute Gasteiger partial charge is 0.219 e. The maximum absolute atomic E-state index is 10.6. The number of hydrogen-bond acceptors (Lipinski definition) is 3. The molecule has 0 heterocycles. The largest absolute Gasteiger partial charge is 0.370 e. The van der Waals surface area contributed by atoms with Crippen LogP contribution in [0.25, 0.3) is 0 Å². The van der Waals surface area contributed by atoms with Crippen LogP contribution in [-0.2, 0) is 4.79 Å². The van der Waals surface area contributed by atoms with Crippen molar-refractivity contribution in [1.29, 1.82) is 0 Å². The Morgan fingerprint density at radius 2 is 2.25 bits per heavy atom. The molecule has 1 fully saturated rings. The van der Waals surface area contributed by atoms with Gasteiger partial charge >= 0.3 is 0 Å². The third kappa shape index (κ3) is 1.75. The highest BCUT2D eigenvalue weighted by atomic mass is 32.2. The van der Waals surface area contributed by atoms with E-state index in [0.29, 0.717) is 6.42 Å². The zero-order valence-corrected chi connectivity index (χ0v) is 8.19. The number of rotatable bonds is 4. The first kappa shape index (κ1) is 9.86. The molecule has 0 aromatic heterocycles. The van der Waals surface area contributed by atoms with Crippen LogP contribution in [0.4, 0.5) is 0 Å². The molecular formula is C8H16N2OS. The van der Waals surface area contributed by atoms with Crippen LogP contribution in [0.15, 0.2) is 0 Å². The summed E-state index contributed by atoms with van der Waals surface area (Å²) in [4.78, 5) is 10.6. The summed E-state index contributed by atoms with van der Waals surface area (Å²) in [5, 5.41) is 0. The summed E-state index contributed by atoms with van der Waals surface area (Å²) in [6, 6.07) is -0.0567. The maximum Gasteiger partial charge on any atom is 0.219 e. The van der Waals surface area contributed by atoms with Crippen molar-refractivity contribution in [3.63, 3.8) is 0 Å². The van der Waals surface area contributed by atoms with E-state index in [1.165, 1.54) is 6.42 Å². The minimum atomic E-state index is -0.289. The zero-order valence-electron chi connectivity index (χ0n) is 7.38. The third-order valence-electron chi connectivity index (χ3n) is 2.70. The van der Waals surface area contributed by atoms with Crippen molar-refractivity contribution < 1.29 is 4.79 Å². The van der Waals surface area contributed by atoms with E-state index in [-0.39, 0.29) is 16.7 Å². The second kappa shape index (κ2) is 3.66. The molecular weight excluding hydrogens is 172 g/mol. The molecule has 0 aliphatic heterocycles. The Bertz CT molecular complexity index is 174. The molecule has 1 atom stereocenters. The molecule has 70 valence electrons. The molecule has 1 unspecified atom stereocenters. The van der Waals surface area contributed by atoms with Crippen LogP contribution in [0.1, 0.15) is 25.7 Å². The van der Waals surface area contributed by atoms with Crippen LogP contribution in [-0.4, -0.2) is 23.0 Å². The predicted octanol–water partition coefficient (Wildman–Crippen LogP) is 0.475. The number of primary amides is 1. The molecule has 1 saturated carbocycles. The van der Waals surface area contributed by atoms with Gasteiger partial charge in [-0.2, -0.15) is 11.8 Å². The summed E-state index contributed by atoms with van der Waals surface area (Å²) in [6.45, 7) is 0. The lowest BCUT2D eigenvalue weighted by atomic mass is 9.77. The predicted molar refractivity (Wildman–Crippen MR) is 51.9 cm³/mol. The number of carbonyl (C=O) groups excluding carboxylic acids is 1. The molecule has 1 amide bonds. The number of nitrogens with two attached hydrogens (primary N) is 2. The van der Waals surface area contributed by atoms with Gasteiger partial charge in [0.2, 0.25) is 5.91 Å². The van der Waals surface area contributed by atoms with E-state index < -0.39 is 0 Å². The van der Waals surface area contributed by atoms with Gasteiger partial charge in [-0.15, -0.1) is 0 Å². The molecule has 0 spiro atoms. The molecule has 3 nitrogen and oxygen atoms in total. The van der Waals surface area contributed by atoms with E-state index in [2.05, 4.69) is 6.26 Å². The minimum Gasteiger partial charge on any atom is -0.370 e. The number of carbonyl (C=O) groups is 1. The first-order valence-electron chi connectivity index (χ1n) is 4.20. The maximum atomic E-state index is 10.6. The van der Waals surface area contributed by atoms with Crippen molar-refractivity contribution in [3.05, 3.63) is 0 Å². The molecule has 12 heavy (non-hydrogen) atoms. The summed E-state index contributed by atoms with van der Waals surface area (Å²) in [5.41, 5.74) is 11.0. The van der Waals surface area contributed by atoms with Gasteiger partial charge < -0.3 is 11.5 Å². The van der Waals surface area contributed by atoms with Crippen LogP contribution in [0.3, 0.4) is 0 Å². The van der Waals surface area contributed by atoms with Gasteiger partial charge in [0.25, 0.3) is 0 Å². The average molecular weight is 188 g/mol. The Kier molecular flexibility index (Phi) is 3.01. The molecule has 0 saturated heterocycles. The monoisotopic (exact) mass is 188 g/mol. The number of amides is 1.